The Morgan fingerprint density at radius 3 is 2.46 bits per heavy atom. The molecule has 1 amide bonds. The van der Waals surface area contributed by atoms with Gasteiger partial charge in [-0.3, -0.25) is 4.79 Å². The van der Waals surface area contributed by atoms with Gasteiger partial charge < -0.3 is 14.4 Å². The summed E-state index contributed by atoms with van der Waals surface area (Å²) < 4.78 is 5.77. The molecule has 0 saturated heterocycles. The van der Waals surface area contributed by atoms with Crippen molar-refractivity contribution in [3.8, 4) is 11.3 Å². The number of benzene rings is 1. The Labute approximate surface area is 141 Å². The maximum Gasteiger partial charge on any atom is 0.329 e. The zero-order valence-corrected chi connectivity index (χ0v) is 14.4. The fourth-order valence-electron chi connectivity index (χ4n) is 2.25. The number of carboxylic acids is 1. The van der Waals surface area contributed by atoms with Gasteiger partial charge >= 0.3 is 5.97 Å². The van der Waals surface area contributed by atoms with Gasteiger partial charge in [0.15, 0.2) is 11.7 Å². The van der Waals surface area contributed by atoms with Gasteiger partial charge in [-0.15, -0.1) is 0 Å². The maximum absolute atomic E-state index is 12.2. The molecule has 0 aliphatic carbocycles. The monoisotopic (exact) mass is 330 g/mol. The van der Waals surface area contributed by atoms with Crippen LogP contribution >= 0.6 is 0 Å². The molecule has 1 aromatic carbocycles. The van der Waals surface area contributed by atoms with Crippen LogP contribution in [-0.2, 0) is 16.0 Å². The molecule has 1 N–H and O–H groups in total. The molecule has 6 heteroatoms. The van der Waals surface area contributed by atoms with Crippen molar-refractivity contribution in [3.05, 3.63) is 41.9 Å². The predicted molar refractivity (Wildman–Crippen MR) is 89.5 cm³/mol. The van der Waals surface area contributed by atoms with Gasteiger partial charge in [0.05, 0.1) is 5.69 Å². The van der Waals surface area contributed by atoms with Crippen LogP contribution < -0.4 is 0 Å². The average molecular weight is 330 g/mol. The Morgan fingerprint density at radius 1 is 1.25 bits per heavy atom. The van der Waals surface area contributed by atoms with Gasteiger partial charge in [0, 0.05) is 25.5 Å². The number of oxazole rings is 1. The van der Waals surface area contributed by atoms with E-state index in [0.717, 1.165) is 11.3 Å². The third kappa shape index (κ3) is 3.64. The van der Waals surface area contributed by atoms with E-state index < -0.39 is 11.5 Å². The zero-order chi connectivity index (χ0) is 17.9. The molecular formula is C18H22N2O4. The number of rotatable bonds is 6. The van der Waals surface area contributed by atoms with E-state index in [9.17, 15) is 14.7 Å². The first kappa shape index (κ1) is 17.7. The summed E-state index contributed by atoms with van der Waals surface area (Å²) in [5.41, 5.74) is 0.450. The van der Waals surface area contributed by atoms with Crippen molar-refractivity contribution in [2.75, 3.05) is 7.05 Å². The van der Waals surface area contributed by atoms with E-state index in [1.165, 1.54) is 25.8 Å². The summed E-state index contributed by atoms with van der Waals surface area (Å²) >= 11 is 0. The highest BCUT2D eigenvalue weighted by Crippen LogP contribution is 2.25. The number of carbonyl (C=O) groups excluding carboxylic acids is 1. The predicted octanol–water partition coefficient (Wildman–Crippen LogP) is 2.90. The highest BCUT2D eigenvalue weighted by atomic mass is 16.4. The SMILES string of the molecule is Cc1nc(CCC(=O)N(C)C(C)(C)C(=O)O)oc1-c1ccccc1. The summed E-state index contributed by atoms with van der Waals surface area (Å²) in [5, 5.41) is 9.19. The lowest BCUT2D eigenvalue weighted by molar-refractivity contribution is -0.155. The molecule has 24 heavy (non-hydrogen) atoms. The minimum Gasteiger partial charge on any atom is -0.480 e. The molecule has 0 fully saturated rings. The van der Waals surface area contributed by atoms with Gasteiger partial charge in [-0.1, -0.05) is 30.3 Å². The summed E-state index contributed by atoms with van der Waals surface area (Å²) in [4.78, 5) is 29.0. The molecule has 1 aromatic heterocycles. The van der Waals surface area contributed by atoms with Crippen LogP contribution in [-0.4, -0.2) is 39.5 Å². The number of carbonyl (C=O) groups is 2. The molecule has 0 aliphatic heterocycles. The Bertz CT molecular complexity index is 735. The number of likely N-dealkylation sites (N-methyl/N-ethyl adjacent to an activating group) is 1. The van der Waals surface area contributed by atoms with E-state index in [1.54, 1.807) is 0 Å². The van der Waals surface area contributed by atoms with Crippen LogP contribution in [0.1, 0.15) is 31.9 Å². The van der Waals surface area contributed by atoms with E-state index in [0.29, 0.717) is 18.1 Å². The fraction of sp³-hybridized carbons (Fsp3) is 0.389. The maximum atomic E-state index is 12.2. The first-order chi connectivity index (χ1) is 11.2. The third-order valence-corrected chi connectivity index (χ3v) is 4.17. The van der Waals surface area contributed by atoms with Crippen LogP contribution in [0.25, 0.3) is 11.3 Å². The zero-order valence-electron chi connectivity index (χ0n) is 14.4. The Hall–Kier alpha value is -2.63. The Morgan fingerprint density at radius 2 is 1.88 bits per heavy atom. The van der Waals surface area contributed by atoms with Crippen LogP contribution in [0, 0.1) is 6.92 Å². The molecule has 0 spiro atoms. The minimum atomic E-state index is -1.25. The van der Waals surface area contributed by atoms with Crippen LogP contribution in [0.4, 0.5) is 0 Å². The number of aromatic nitrogens is 1. The normalized spacial score (nSPS) is 11.3. The lowest BCUT2D eigenvalue weighted by atomic mass is 10.0. The summed E-state index contributed by atoms with van der Waals surface area (Å²) in [5.74, 6) is -0.144. The standard InChI is InChI=1S/C18H22N2O4/c1-12-16(13-8-6-5-7-9-13)24-14(19-12)10-11-15(21)20(4)18(2,3)17(22)23/h5-9H,10-11H2,1-4H3,(H,22,23). The molecule has 2 aromatic rings. The number of amides is 1. The first-order valence-electron chi connectivity index (χ1n) is 7.75. The second-order valence-corrected chi connectivity index (χ2v) is 6.21. The fourth-order valence-corrected chi connectivity index (χ4v) is 2.25. The number of aryl methyl sites for hydroxylation is 2. The topological polar surface area (TPSA) is 83.6 Å². The number of carboxylic acid groups (broad SMARTS) is 1. The van der Waals surface area contributed by atoms with Gasteiger partial charge in [0.1, 0.15) is 5.54 Å². The van der Waals surface area contributed by atoms with Crippen molar-refractivity contribution in [2.45, 2.75) is 39.2 Å². The molecule has 0 atom stereocenters. The lowest BCUT2D eigenvalue weighted by Gasteiger charge is -2.31. The Balaban J connectivity index is 2.06. The molecule has 0 saturated carbocycles. The highest BCUT2D eigenvalue weighted by Gasteiger charge is 2.34. The van der Waals surface area contributed by atoms with Crippen molar-refractivity contribution in [3.63, 3.8) is 0 Å². The molecule has 2 rings (SSSR count). The van der Waals surface area contributed by atoms with E-state index in [2.05, 4.69) is 4.98 Å². The molecule has 0 aliphatic rings. The van der Waals surface area contributed by atoms with Crippen molar-refractivity contribution in [2.24, 2.45) is 0 Å². The third-order valence-electron chi connectivity index (χ3n) is 4.17. The summed E-state index contributed by atoms with van der Waals surface area (Å²) in [7, 11) is 1.49. The Kier molecular flexibility index (Phi) is 5.07. The van der Waals surface area contributed by atoms with E-state index in [4.69, 9.17) is 4.42 Å². The van der Waals surface area contributed by atoms with Gasteiger partial charge in [-0.2, -0.15) is 0 Å². The molecule has 0 bridgehead atoms. The van der Waals surface area contributed by atoms with Crippen molar-refractivity contribution >= 4 is 11.9 Å². The summed E-state index contributed by atoms with van der Waals surface area (Å²) in [6, 6.07) is 9.64. The quantitative estimate of drug-likeness (QED) is 0.880. The first-order valence-corrected chi connectivity index (χ1v) is 7.75. The van der Waals surface area contributed by atoms with Gasteiger partial charge in [0.25, 0.3) is 0 Å². The molecule has 128 valence electrons. The summed E-state index contributed by atoms with van der Waals surface area (Å²) in [6.45, 7) is 4.85. The largest absolute Gasteiger partial charge is 0.480 e. The number of hydrogen-bond acceptors (Lipinski definition) is 4. The molecule has 6 nitrogen and oxygen atoms in total. The second kappa shape index (κ2) is 6.86. The van der Waals surface area contributed by atoms with Gasteiger partial charge in [0.2, 0.25) is 5.91 Å². The van der Waals surface area contributed by atoms with Crippen LogP contribution in [0.5, 0.6) is 0 Å². The average Bonchev–Trinajstić information content (AvgIpc) is 2.93. The van der Waals surface area contributed by atoms with Gasteiger partial charge in [-0.25, -0.2) is 9.78 Å². The number of nitrogens with zero attached hydrogens (tertiary/aromatic N) is 2. The van der Waals surface area contributed by atoms with Crippen molar-refractivity contribution in [1.82, 2.24) is 9.88 Å². The molecule has 1 heterocycles. The van der Waals surface area contributed by atoms with Crippen LogP contribution in [0.3, 0.4) is 0 Å². The van der Waals surface area contributed by atoms with Crippen LogP contribution in [0.15, 0.2) is 34.7 Å². The van der Waals surface area contributed by atoms with E-state index in [1.807, 2.05) is 37.3 Å². The van der Waals surface area contributed by atoms with Crippen molar-refractivity contribution < 1.29 is 19.1 Å². The van der Waals surface area contributed by atoms with E-state index in [-0.39, 0.29) is 12.3 Å². The molecule has 0 unspecified atom stereocenters. The molecular weight excluding hydrogens is 308 g/mol. The van der Waals surface area contributed by atoms with E-state index >= 15 is 0 Å². The summed E-state index contributed by atoms with van der Waals surface area (Å²) in [6.07, 6.45) is 0.466. The molecule has 0 radical (unpaired) electrons. The minimum absolute atomic E-state index is 0.140. The van der Waals surface area contributed by atoms with Crippen LogP contribution in [0.2, 0.25) is 0 Å². The number of aliphatic carboxylic acids is 1. The number of hydrogen-bond donors (Lipinski definition) is 1. The van der Waals surface area contributed by atoms with Crippen molar-refractivity contribution in [1.29, 1.82) is 0 Å². The highest BCUT2D eigenvalue weighted by molar-refractivity contribution is 5.86. The second-order valence-electron chi connectivity index (χ2n) is 6.21. The van der Waals surface area contributed by atoms with Gasteiger partial charge in [-0.05, 0) is 20.8 Å². The smallest absolute Gasteiger partial charge is 0.329 e. The lowest BCUT2D eigenvalue weighted by Crippen LogP contribution is -2.50.